The number of rotatable bonds is 5. The maximum absolute atomic E-state index is 12.0. The molecule has 90 valence electrons. The van der Waals surface area contributed by atoms with Crippen LogP contribution in [0.25, 0.3) is 0 Å². The van der Waals surface area contributed by atoms with Crippen molar-refractivity contribution < 1.29 is 13.2 Å². The highest BCUT2D eigenvalue weighted by molar-refractivity contribution is 4.73. The second-order valence-corrected chi connectivity index (χ2v) is 4.32. The fourth-order valence-electron chi connectivity index (χ4n) is 1.91. The Hall–Kier alpha value is -0.290. The zero-order valence-electron chi connectivity index (χ0n) is 9.03. The van der Waals surface area contributed by atoms with Crippen LogP contribution in [0.2, 0.25) is 0 Å². The molecule has 1 fully saturated rings. The van der Waals surface area contributed by atoms with E-state index in [1.165, 1.54) is 0 Å². The molecule has 0 amide bonds. The lowest BCUT2D eigenvalue weighted by molar-refractivity contribution is -0.139. The summed E-state index contributed by atoms with van der Waals surface area (Å²) in [6, 6.07) is -0.473. The van der Waals surface area contributed by atoms with Crippen LogP contribution in [-0.4, -0.2) is 31.9 Å². The first-order valence-corrected chi connectivity index (χ1v) is 5.48. The zero-order valence-corrected chi connectivity index (χ0v) is 9.03. The summed E-state index contributed by atoms with van der Waals surface area (Å²) in [6.45, 7) is 4.32. The Kier molecular flexibility index (Phi) is 4.86. The topological polar surface area (TPSA) is 24.1 Å². The molecular formula is C10H19F3N2. The van der Waals surface area contributed by atoms with Crippen LogP contribution in [0.4, 0.5) is 13.2 Å². The number of hydrogen-bond acceptors (Lipinski definition) is 2. The quantitative estimate of drug-likeness (QED) is 0.745. The SMILES string of the molecule is CC(CC(F)(F)F)NCCC1CCNC1. The fourth-order valence-corrected chi connectivity index (χ4v) is 1.91. The average Bonchev–Trinajstić information content (AvgIpc) is 2.53. The van der Waals surface area contributed by atoms with Crippen LogP contribution >= 0.6 is 0 Å². The molecule has 5 heteroatoms. The summed E-state index contributed by atoms with van der Waals surface area (Å²) < 4.78 is 36.0. The standard InChI is InChI=1S/C10H19F3N2/c1-8(6-10(11,12)13)15-5-3-9-2-4-14-7-9/h8-9,14-15H,2-7H2,1H3. The first-order chi connectivity index (χ1) is 6.97. The van der Waals surface area contributed by atoms with Gasteiger partial charge >= 0.3 is 6.18 Å². The highest BCUT2D eigenvalue weighted by Gasteiger charge is 2.29. The summed E-state index contributed by atoms with van der Waals surface area (Å²) in [5.41, 5.74) is 0. The van der Waals surface area contributed by atoms with Gasteiger partial charge in [-0.3, -0.25) is 0 Å². The molecule has 0 saturated carbocycles. The monoisotopic (exact) mass is 224 g/mol. The van der Waals surface area contributed by atoms with Crippen molar-refractivity contribution in [3.63, 3.8) is 0 Å². The van der Waals surface area contributed by atoms with Gasteiger partial charge in [0.15, 0.2) is 0 Å². The molecule has 2 nitrogen and oxygen atoms in total. The lowest BCUT2D eigenvalue weighted by Crippen LogP contribution is -2.32. The Morgan fingerprint density at radius 1 is 1.47 bits per heavy atom. The van der Waals surface area contributed by atoms with E-state index < -0.39 is 18.6 Å². The number of hydrogen-bond donors (Lipinski definition) is 2. The first-order valence-electron chi connectivity index (χ1n) is 5.48. The predicted molar refractivity (Wildman–Crippen MR) is 53.7 cm³/mol. The van der Waals surface area contributed by atoms with Crippen LogP contribution in [0.5, 0.6) is 0 Å². The summed E-state index contributed by atoms with van der Waals surface area (Å²) in [4.78, 5) is 0. The third-order valence-corrected chi connectivity index (χ3v) is 2.75. The number of halogens is 3. The minimum absolute atomic E-state index is 0.473. The summed E-state index contributed by atoms with van der Waals surface area (Å²) in [6.07, 6.45) is -2.68. The molecule has 1 rings (SSSR count). The van der Waals surface area contributed by atoms with E-state index in [0.29, 0.717) is 12.5 Å². The molecule has 0 aromatic rings. The molecule has 0 aromatic heterocycles. The summed E-state index contributed by atoms with van der Waals surface area (Å²) in [7, 11) is 0. The Bertz CT molecular complexity index is 176. The molecule has 0 aromatic carbocycles. The van der Waals surface area contributed by atoms with Gasteiger partial charge in [-0.15, -0.1) is 0 Å². The van der Waals surface area contributed by atoms with E-state index in [1.807, 2.05) is 0 Å². The van der Waals surface area contributed by atoms with Gasteiger partial charge in [0, 0.05) is 6.04 Å². The Balaban J connectivity index is 2.03. The summed E-state index contributed by atoms with van der Waals surface area (Å²) >= 11 is 0. The van der Waals surface area contributed by atoms with E-state index in [0.717, 1.165) is 25.9 Å². The molecule has 0 aliphatic carbocycles. The van der Waals surface area contributed by atoms with Crippen LogP contribution in [0.15, 0.2) is 0 Å². The van der Waals surface area contributed by atoms with Crippen LogP contribution in [0.1, 0.15) is 26.2 Å². The van der Waals surface area contributed by atoms with Crippen molar-refractivity contribution in [1.29, 1.82) is 0 Å². The van der Waals surface area contributed by atoms with Crippen molar-refractivity contribution in [2.75, 3.05) is 19.6 Å². The maximum Gasteiger partial charge on any atom is 0.390 e. The predicted octanol–water partition coefficient (Wildman–Crippen LogP) is 1.92. The van der Waals surface area contributed by atoms with Gasteiger partial charge in [-0.2, -0.15) is 13.2 Å². The largest absolute Gasteiger partial charge is 0.390 e. The molecule has 2 N–H and O–H groups in total. The second-order valence-electron chi connectivity index (χ2n) is 4.32. The van der Waals surface area contributed by atoms with Gasteiger partial charge in [0.2, 0.25) is 0 Å². The van der Waals surface area contributed by atoms with Crippen molar-refractivity contribution in [3.8, 4) is 0 Å². The molecule has 1 aliphatic rings. The van der Waals surface area contributed by atoms with E-state index in [4.69, 9.17) is 0 Å². The summed E-state index contributed by atoms with van der Waals surface area (Å²) in [5, 5.41) is 6.16. The van der Waals surface area contributed by atoms with Gasteiger partial charge in [0.1, 0.15) is 0 Å². The highest BCUT2D eigenvalue weighted by atomic mass is 19.4. The Morgan fingerprint density at radius 2 is 2.20 bits per heavy atom. The maximum atomic E-state index is 12.0. The van der Waals surface area contributed by atoms with Crippen molar-refractivity contribution in [2.45, 2.75) is 38.4 Å². The van der Waals surface area contributed by atoms with Gasteiger partial charge in [-0.05, 0) is 45.3 Å². The number of alkyl halides is 3. The van der Waals surface area contributed by atoms with Gasteiger partial charge in [-0.1, -0.05) is 0 Å². The molecule has 1 saturated heterocycles. The third-order valence-electron chi connectivity index (χ3n) is 2.75. The van der Waals surface area contributed by atoms with Crippen LogP contribution in [-0.2, 0) is 0 Å². The normalized spacial score (nSPS) is 24.4. The highest BCUT2D eigenvalue weighted by Crippen LogP contribution is 2.21. The molecule has 1 aliphatic heterocycles. The van der Waals surface area contributed by atoms with E-state index in [9.17, 15) is 13.2 Å². The van der Waals surface area contributed by atoms with Gasteiger partial charge < -0.3 is 10.6 Å². The molecule has 15 heavy (non-hydrogen) atoms. The third kappa shape index (κ3) is 5.99. The first kappa shape index (κ1) is 12.8. The van der Waals surface area contributed by atoms with Gasteiger partial charge in [0.25, 0.3) is 0 Å². The smallest absolute Gasteiger partial charge is 0.316 e. The Morgan fingerprint density at radius 3 is 2.73 bits per heavy atom. The van der Waals surface area contributed by atoms with Crippen LogP contribution < -0.4 is 10.6 Å². The lowest BCUT2D eigenvalue weighted by Gasteiger charge is -2.16. The number of nitrogens with one attached hydrogen (secondary N) is 2. The molecule has 2 atom stereocenters. The van der Waals surface area contributed by atoms with E-state index >= 15 is 0 Å². The van der Waals surface area contributed by atoms with Crippen molar-refractivity contribution in [1.82, 2.24) is 10.6 Å². The molecule has 0 spiro atoms. The van der Waals surface area contributed by atoms with E-state index in [-0.39, 0.29) is 0 Å². The molecule has 0 radical (unpaired) electrons. The molecule has 0 bridgehead atoms. The van der Waals surface area contributed by atoms with E-state index in [2.05, 4.69) is 10.6 Å². The Labute approximate surface area is 88.6 Å². The van der Waals surface area contributed by atoms with Gasteiger partial charge in [-0.25, -0.2) is 0 Å². The minimum atomic E-state index is -4.05. The average molecular weight is 224 g/mol. The van der Waals surface area contributed by atoms with E-state index in [1.54, 1.807) is 6.92 Å². The zero-order chi connectivity index (χ0) is 11.3. The lowest BCUT2D eigenvalue weighted by atomic mass is 10.0. The summed E-state index contributed by atoms with van der Waals surface area (Å²) in [5.74, 6) is 0.635. The van der Waals surface area contributed by atoms with Crippen molar-refractivity contribution in [2.24, 2.45) is 5.92 Å². The molecule has 2 unspecified atom stereocenters. The second kappa shape index (κ2) is 5.70. The van der Waals surface area contributed by atoms with Crippen molar-refractivity contribution >= 4 is 0 Å². The fraction of sp³-hybridized carbons (Fsp3) is 1.00. The molecule has 1 heterocycles. The minimum Gasteiger partial charge on any atom is -0.316 e. The van der Waals surface area contributed by atoms with Gasteiger partial charge in [0.05, 0.1) is 6.42 Å². The van der Waals surface area contributed by atoms with Crippen LogP contribution in [0, 0.1) is 5.92 Å². The molecular weight excluding hydrogens is 205 g/mol. The van der Waals surface area contributed by atoms with Crippen molar-refractivity contribution in [3.05, 3.63) is 0 Å². The van der Waals surface area contributed by atoms with Crippen LogP contribution in [0.3, 0.4) is 0 Å².